The minimum Gasteiger partial charge on any atom is -0.371 e. The summed E-state index contributed by atoms with van der Waals surface area (Å²) in [7, 11) is 0. The summed E-state index contributed by atoms with van der Waals surface area (Å²) in [5.74, 6) is 0.539. The number of halogens is 1. The van der Waals surface area contributed by atoms with Crippen LogP contribution < -0.4 is 5.32 Å². The Labute approximate surface area is 78.7 Å². The average molecular weight is 184 g/mol. The van der Waals surface area contributed by atoms with E-state index >= 15 is 0 Å². The van der Waals surface area contributed by atoms with Crippen molar-refractivity contribution in [2.24, 2.45) is 0 Å². The van der Waals surface area contributed by atoms with Gasteiger partial charge in [0.25, 0.3) is 0 Å². The minimum atomic E-state index is 0.462. The summed E-state index contributed by atoms with van der Waals surface area (Å²) in [4.78, 5) is 0. The lowest BCUT2D eigenvalue weighted by atomic mass is 10.0. The predicted octanol–water partition coefficient (Wildman–Crippen LogP) is 3.42. The third-order valence-corrected chi connectivity index (χ3v) is 1.97. The fourth-order valence-corrected chi connectivity index (χ4v) is 1.38. The Morgan fingerprint density at radius 2 is 2.00 bits per heavy atom. The number of alkyl halides is 1. The Hall–Kier alpha value is -0.690. The Kier molecular flexibility index (Phi) is 3.42. The van der Waals surface area contributed by atoms with E-state index in [0.29, 0.717) is 11.9 Å². The van der Waals surface area contributed by atoms with Gasteiger partial charge in [-0.15, -0.1) is 11.6 Å². The third-order valence-electron chi connectivity index (χ3n) is 1.84. The van der Waals surface area contributed by atoms with Crippen molar-refractivity contribution in [3.8, 4) is 0 Å². The monoisotopic (exact) mass is 183 g/mol. The molecule has 0 bridgehead atoms. The first kappa shape index (κ1) is 9.40. The maximum atomic E-state index is 5.60. The van der Waals surface area contributed by atoms with Crippen molar-refractivity contribution < 1.29 is 0 Å². The van der Waals surface area contributed by atoms with E-state index in [1.54, 1.807) is 0 Å². The first-order valence-corrected chi connectivity index (χ1v) is 4.68. The van der Waals surface area contributed by atoms with Gasteiger partial charge in [-0.05, 0) is 17.5 Å². The summed E-state index contributed by atoms with van der Waals surface area (Å²) < 4.78 is 0. The van der Waals surface area contributed by atoms with E-state index in [-0.39, 0.29) is 0 Å². The second kappa shape index (κ2) is 4.36. The van der Waals surface area contributed by atoms with Crippen LogP contribution in [-0.2, 0) is 0 Å². The smallest absolute Gasteiger partial charge is 0.0901 e. The summed E-state index contributed by atoms with van der Waals surface area (Å²) >= 11 is 5.60. The normalized spacial score (nSPS) is 10.3. The first-order valence-electron chi connectivity index (χ1n) is 4.14. The largest absolute Gasteiger partial charge is 0.371 e. The van der Waals surface area contributed by atoms with E-state index in [2.05, 4.69) is 37.4 Å². The van der Waals surface area contributed by atoms with Crippen molar-refractivity contribution in [1.29, 1.82) is 0 Å². The van der Waals surface area contributed by atoms with Crippen LogP contribution in [0.5, 0.6) is 0 Å². The Bertz CT molecular complexity index is 245. The van der Waals surface area contributed by atoms with Gasteiger partial charge in [-0.3, -0.25) is 0 Å². The molecule has 0 radical (unpaired) electrons. The minimum absolute atomic E-state index is 0.462. The molecule has 1 N–H and O–H groups in total. The number of hydrogen-bond donors (Lipinski definition) is 1. The van der Waals surface area contributed by atoms with Crippen LogP contribution in [0.15, 0.2) is 24.3 Å². The zero-order chi connectivity index (χ0) is 8.97. The quantitative estimate of drug-likeness (QED) is 0.560. The molecule has 0 aliphatic carbocycles. The highest BCUT2D eigenvalue weighted by Crippen LogP contribution is 2.23. The van der Waals surface area contributed by atoms with Gasteiger partial charge >= 0.3 is 0 Å². The molecule has 0 heterocycles. The molecule has 0 aliphatic rings. The molecule has 1 aromatic rings. The predicted molar refractivity (Wildman–Crippen MR) is 54.9 cm³/mol. The van der Waals surface area contributed by atoms with E-state index in [0.717, 1.165) is 5.69 Å². The molecule has 0 aromatic heterocycles. The van der Waals surface area contributed by atoms with Crippen LogP contribution in [0, 0.1) is 0 Å². The standard InChI is InChI=1S/C10H14ClN/c1-8(2)9-5-3-4-6-10(9)12-7-11/h3-6,8,12H,7H2,1-2H3. The lowest BCUT2D eigenvalue weighted by Gasteiger charge is -2.12. The lowest BCUT2D eigenvalue weighted by Crippen LogP contribution is -1.99. The second-order valence-corrected chi connectivity index (χ2v) is 3.32. The zero-order valence-electron chi connectivity index (χ0n) is 7.47. The number of anilines is 1. The van der Waals surface area contributed by atoms with Crippen LogP contribution in [-0.4, -0.2) is 6.00 Å². The summed E-state index contributed by atoms with van der Waals surface area (Å²) in [5, 5.41) is 3.12. The number of nitrogens with one attached hydrogen (secondary N) is 1. The van der Waals surface area contributed by atoms with Crippen LogP contribution in [0.2, 0.25) is 0 Å². The van der Waals surface area contributed by atoms with Crippen molar-refractivity contribution in [1.82, 2.24) is 0 Å². The second-order valence-electron chi connectivity index (χ2n) is 3.05. The van der Waals surface area contributed by atoms with Crippen molar-refractivity contribution >= 4 is 17.3 Å². The van der Waals surface area contributed by atoms with Gasteiger partial charge in [-0.25, -0.2) is 0 Å². The van der Waals surface area contributed by atoms with Crippen LogP contribution in [0.1, 0.15) is 25.3 Å². The first-order chi connectivity index (χ1) is 5.75. The fourth-order valence-electron chi connectivity index (χ4n) is 1.23. The van der Waals surface area contributed by atoms with Gasteiger partial charge in [-0.2, -0.15) is 0 Å². The van der Waals surface area contributed by atoms with Gasteiger partial charge in [0.05, 0.1) is 6.00 Å². The van der Waals surface area contributed by atoms with Gasteiger partial charge < -0.3 is 5.32 Å². The molecule has 2 heteroatoms. The Morgan fingerprint density at radius 1 is 1.33 bits per heavy atom. The van der Waals surface area contributed by atoms with E-state index < -0.39 is 0 Å². The number of rotatable bonds is 3. The van der Waals surface area contributed by atoms with Gasteiger partial charge in [-0.1, -0.05) is 32.0 Å². The summed E-state index contributed by atoms with van der Waals surface area (Å²) in [6, 6.07) is 8.70. The van der Waals surface area contributed by atoms with Crippen LogP contribution in [0.3, 0.4) is 0 Å². The third kappa shape index (κ3) is 2.15. The molecule has 66 valence electrons. The lowest BCUT2D eigenvalue weighted by molar-refractivity contribution is 0.868. The van der Waals surface area contributed by atoms with Crippen LogP contribution in [0.4, 0.5) is 5.69 Å². The molecule has 1 aromatic carbocycles. The number of hydrogen-bond acceptors (Lipinski definition) is 1. The number of para-hydroxylation sites is 1. The molecule has 0 aliphatic heterocycles. The fraction of sp³-hybridized carbons (Fsp3) is 0.400. The molecule has 0 saturated carbocycles. The van der Waals surface area contributed by atoms with Gasteiger partial charge in [0, 0.05) is 5.69 Å². The molecule has 0 saturated heterocycles. The summed E-state index contributed by atoms with van der Waals surface area (Å²) in [6.07, 6.45) is 0. The van der Waals surface area contributed by atoms with Gasteiger partial charge in [0.2, 0.25) is 0 Å². The van der Waals surface area contributed by atoms with Crippen LogP contribution >= 0.6 is 11.6 Å². The Balaban J connectivity index is 2.92. The average Bonchev–Trinajstić information content (AvgIpc) is 2.05. The zero-order valence-corrected chi connectivity index (χ0v) is 8.23. The summed E-state index contributed by atoms with van der Waals surface area (Å²) in [5.41, 5.74) is 2.46. The highest BCUT2D eigenvalue weighted by Gasteiger charge is 2.03. The van der Waals surface area contributed by atoms with Crippen LogP contribution in [0.25, 0.3) is 0 Å². The molecule has 12 heavy (non-hydrogen) atoms. The molecular weight excluding hydrogens is 170 g/mol. The molecule has 1 nitrogen and oxygen atoms in total. The molecular formula is C10H14ClN. The molecule has 0 unspecified atom stereocenters. The molecule has 1 rings (SSSR count). The van der Waals surface area contributed by atoms with E-state index in [4.69, 9.17) is 11.6 Å². The van der Waals surface area contributed by atoms with Crippen molar-refractivity contribution in [2.75, 3.05) is 11.3 Å². The maximum Gasteiger partial charge on any atom is 0.0901 e. The van der Waals surface area contributed by atoms with E-state index in [1.807, 2.05) is 6.07 Å². The highest BCUT2D eigenvalue weighted by molar-refractivity contribution is 6.18. The maximum absolute atomic E-state index is 5.60. The van der Waals surface area contributed by atoms with Gasteiger partial charge in [0.15, 0.2) is 0 Å². The topological polar surface area (TPSA) is 12.0 Å². The highest BCUT2D eigenvalue weighted by atomic mass is 35.5. The molecule has 0 amide bonds. The van der Waals surface area contributed by atoms with E-state index in [1.165, 1.54) is 5.56 Å². The molecule has 0 spiro atoms. The SMILES string of the molecule is CC(C)c1ccccc1NCCl. The van der Waals surface area contributed by atoms with Crippen molar-refractivity contribution in [3.63, 3.8) is 0 Å². The Morgan fingerprint density at radius 3 is 2.58 bits per heavy atom. The van der Waals surface area contributed by atoms with Gasteiger partial charge in [0.1, 0.15) is 0 Å². The van der Waals surface area contributed by atoms with Crippen molar-refractivity contribution in [2.45, 2.75) is 19.8 Å². The summed E-state index contributed by atoms with van der Waals surface area (Å²) in [6.45, 7) is 4.35. The molecule has 0 atom stereocenters. The van der Waals surface area contributed by atoms with Crippen molar-refractivity contribution in [3.05, 3.63) is 29.8 Å². The molecule has 0 fully saturated rings. The van der Waals surface area contributed by atoms with E-state index in [9.17, 15) is 0 Å². The number of benzene rings is 1.